The van der Waals surface area contributed by atoms with E-state index in [1.807, 2.05) is 0 Å². The minimum Gasteiger partial charge on any atom is -0.565 e. The summed E-state index contributed by atoms with van der Waals surface area (Å²) < 4.78 is 83.0. The number of aryl methyl sites for hydroxylation is 1. The Hall–Kier alpha value is -2.94. The van der Waals surface area contributed by atoms with E-state index in [9.17, 15) is 102 Å². The molecule has 1 aromatic heterocycles. The first-order chi connectivity index (χ1) is 41.3. The van der Waals surface area contributed by atoms with Crippen LogP contribution < -0.4 is 9.67 Å². The van der Waals surface area contributed by atoms with Gasteiger partial charge >= 0.3 is 0 Å². The second-order valence-corrected chi connectivity index (χ2v) is 21.8. The maximum atomic E-state index is 11.8. The van der Waals surface area contributed by atoms with Crippen LogP contribution in [0.3, 0.4) is 0 Å². The molecule has 21 N–H and O–H groups in total. The lowest BCUT2D eigenvalue weighted by molar-refractivity contribution is -0.707. The monoisotopic (exact) mass is 1270 g/mol. The molecule has 38 nitrogen and oxygen atoms in total. The van der Waals surface area contributed by atoms with Gasteiger partial charge in [0, 0.05) is 12.1 Å². The zero-order chi connectivity index (χ0) is 63.6. The average molecular weight is 1270 g/mol. The quantitative estimate of drug-likeness (QED) is 0.107. The highest BCUT2D eigenvalue weighted by Gasteiger charge is 2.60. The number of pyridine rings is 1. The highest BCUT2D eigenvalue weighted by atomic mass is 16.8. The van der Waals surface area contributed by atoms with Crippen molar-refractivity contribution >= 4 is 6.16 Å². The van der Waals surface area contributed by atoms with Crippen LogP contribution in [0.2, 0.25) is 0 Å². The Bertz CT molecular complexity index is 2270. The molecule has 22 heterocycles. The molecule has 0 amide bonds. The molecule has 0 spiro atoms. The fraction of sp³-hybridized carbons (Fsp3) is 0.878. The largest absolute Gasteiger partial charge is 0.565 e. The number of aromatic nitrogens is 1. The van der Waals surface area contributed by atoms with Crippen LogP contribution >= 0.6 is 0 Å². The van der Waals surface area contributed by atoms with Gasteiger partial charge in [0.05, 0.1) is 39.6 Å². The van der Waals surface area contributed by atoms with Gasteiger partial charge in [-0.3, -0.25) is 0 Å². The first-order valence-electron chi connectivity index (χ1n) is 27.5. The van der Waals surface area contributed by atoms with Crippen molar-refractivity contribution in [2.24, 2.45) is 0 Å². The van der Waals surface area contributed by atoms with E-state index >= 15 is 0 Å². The van der Waals surface area contributed by atoms with Crippen molar-refractivity contribution in [3.05, 3.63) is 30.1 Å². The minimum atomic E-state index is -2.20. The number of carbonyl (C=O) groups is 1. The normalized spacial score (nSPS) is 50.1. The van der Waals surface area contributed by atoms with Crippen molar-refractivity contribution in [1.29, 1.82) is 0 Å². The number of hydrogen-bond acceptors (Lipinski definition) is 36. The van der Waals surface area contributed by atoms with Gasteiger partial charge in [0.1, 0.15) is 171 Å². The average Bonchev–Trinajstić information content (AvgIpc) is 1.24. The van der Waals surface area contributed by atoms with Crippen LogP contribution in [0.1, 0.15) is 5.56 Å². The topological polar surface area (TPSA) is 598 Å². The van der Waals surface area contributed by atoms with Crippen LogP contribution in [0.15, 0.2) is 24.5 Å². The van der Waals surface area contributed by atoms with Crippen LogP contribution in [0, 0.1) is 6.92 Å². The van der Waals surface area contributed by atoms with Crippen LogP contribution in [0.4, 0.5) is 4.79 Å². The predicted octanol–water partition coefficient (Wildman–Crippen LogP) is -15.0. The van der Waals surface area contributed by atoms with E-state index in [2.05, 4.69) is 0 Å². The van der Waals surface area contributed by atoms with E-state index in [-0.39, 0.29) is 6.54 Å². The molecule has 21 fully saturated rings. The summed E-state index contributed by atoms with van der Waals surface area (Å²) in [5.41, 5.74) is 0.826. The summed E-state index contributed by atoms with van der Waals surface area (Å²) in [6, 6.07) is 3.41. The number of ether oxygens (including phenoxy) is 14. The molecule has 21 aliphatic rings. The predicted molar refractivity (Wildman–Crippen MR) is 261 cm³/mol. The molecule has 38 heteroatoms. The van der Waals surface area contributed by atoms with Gasteiger partial charge in [-0.2, -0.15) is 0 Å². The lowest BCUT2D eigenvalue weighted by atomic mass is 9.95. The van der Waals surface area contributed by atoms with Crippen LogP contribution in [0.5, 0.6) is 0 Å². The van der Waals surface area contributed by atoms with Gasteiger partial charge in [-0.15, -0.1) is 0 Å². The SMILES string of the molecule is Cc1cc[n+](C[C@@H]2O[C@@H]3O[C@H]4[C@@H](O)[C@H](O)[C@@H](O[C@H]5[C@H](O)[C@H](O)[C@@H](O[C@H]6[C@H](O)[C@@H](O)[C@@H](O[C@H]7[C@H](O)[C@@H](O)[C@@H](O[C@H]8[C@H](O)[C@@H](O)[C@@H](O[C@H]9[C@H](O)[C@@H](O)[C@@H](O[C@H]2[C@H](O)[C@H]3O)O[C@H]9CO)O[C@H]8CO)O[C@H]7CO)O[C@@H]6CO)O[C@@H]5CO)O[C@@H]4CO)cc1.O=C([O-])O. The molecule has 0 unspecified atom stereocenters. The minimum absolute atomic E-state index is 0.241. The smallest absolute Gasteiger partial charge is 0.249 e. The van der Waals surface area contributed by atoms with Gasteiger partial charge in [0.15, 0.2) is 63.0 Å². The van der Waals surface area contributed by atoms with Crippen molar-refractivity contribution in [2.75, 3.05) is 39.6 Å². The number of carboxylic acid groups (broad SMARTS) is 2. The first kappa shape index (κ1) is 69.9. The Balaban J connectivity index is 0.00000238. The second-order valence-electron chi connectivity index (χ2n) is 21.8. The van der Waals surface area contributed by atoms with Gasteiger partial charge in [-0.1, -0.05) is 0 Å². The Labute approximate surface area is 491 Å². The molecular formula is C49H77NO37. The molecule has 87 heavy (non-hydrogen) atoms. The number of aliphatic hydroxyl groups excluding tert-OH is 20. The Morgan fingerprint density at radius 3 is 0.667 bits per heavy atom. The standard InChI is InChI=1S/C48H76NO34.CH2O3/c1-13-2-4-49(5-3-13)6-14-35-21(56)28(63)42(70-14)78-36-15(7-50)72-44(30(65)23(36)58)80-38-17(9-52)74-46(32(67)25(38)60)82-40-19(11-54)76-48(34(69)27(40)62)83-41-20(12-55)75-47(33(68)26(41)61)81-39-18(10-53)73-45(31(66)24(39)59)79-37-16(8-51)71-43(77-35)29(64)22(37)57;2-1(3)4/h2-5,14-48,50-69H,6-12H2,1H3;(H2,2,3,4)/q+1;/p-1/t14-,15+,16-,17+,18-,19+,20-,21+,22+,23-,24+,25+,26+,27+,28+,29+,30-,31+,32-,33+,34+,35+,36+,37+,38+,39+,40+,41+,42+,43+,44+,45+,46+,47+,48+;/m0./s1. The molecule has 22 rings (SSSR count). The molecular weight excluding hydrogens is 1190 g/mol. The maximum Gasteiger partial charge on any atom is 0.249 e. The van der Waals surface area contributed by atoms with E-state index < -0.39 is 261 Å². The van der Waals surface area contributed by atoms with Crippen molar-refractivity contribution in [3.8, 4) is 0 Å². The number of aliphatic hydroxyl groups is 20. The van der Waals surface area contributed by atoms with Crippen LogP contribution in [-0.4, -0.2) is 368 Å². The Morgan fingerprint density at radius 1 is 0.333 bits per heavy atom. The van der Waals surface area contributed by atoms with Crippen LogP contribution in [-0.2, 0) is 72.9 Å². The van der Waals surface area contributed by atoms with E-state index in [0.717, 1.165) is 5.56 Å². The molecule has 21 aliphatic heterocycles. The summed E-state index contributed by atoms with van der Waals surface area (Å²) in [6.45, 7) is -4.64. The van der Waals surface area contributed by atoms with E-state index in [1.54, 1.807) is 36.0 Å². The van der Waals surface area contributed by atoms with Crippen molar-refractivity contribution in [1.82, 2.24) is 0 Å². The van der Waals surface area contributed by atoms with E-state index in [1.165, 1.54) is 0 Å². The van der Waals surface area contributed by atoms with Gasteiger partial charge in [0.25, 0.3) is 0 Å². The van der Waals surface area contributed by atoms with Crippen molar-refractivity contribution in [2.45, 2.75) is 228 Å². The van der Waals surface area contributed by atoms with E-state index in [4.69, 9.17) is 81.3 Å². The van der Waals surface area contributed by atoms with Gasteiger partial charge < -0.3 is 183 Å². The summed E-state index contributed by atoms with van der Waals surface area (Å²) in [5, 5.41) is 239. The van der Waals surface area contributed by atoms with Crippen molar-refractivity contribution in [3.63, 3.8) is 0 Å². The molecule has 500 valence electrons. The summed E-state index contributed by atoms with van der Waals surface area (Å²) in [6.07, 6.45) is -68.1. The molecule has 0 radical (unpaired) electrons. The molecule has 21 saturated heterocycles. The van der Waals surface area contributed by atoms with E-state index in [0.29, 0.717) is 0 Å². The first-order valence-corrected chi connectivity index (χ1v) is 27.5. The third-order valence-corrected chi connectivity index (χ3v) is 16.1. The maximum absolute atomic E-state index is 11.8. The lowest BCUT2D eigenvalue weighted by Crippen LogP contribution is -2.68. The third-order valence-electron chi connectivity index (χ3n) is 16.1. The Morgan fingerprint density at radius 2 is 0.494 bits per heavy atom. The van der Waals surface area contributed by atoms with Crippen molar-refractivity contribution < 1.29 is 188 Å². The molecule has 0 aliphatic carbocycles. The number of nitrogens with zero attached hydrogens (tertiary/aromatic N) is 1. The molecule has 35 atom stereocenters. The molecule has 0 aromatic carbocycles. The third kappa shape index (κ3) is 15.0. The highest BCUT2D eigenvalue weighted by Crippen LogP contribution is 2.39. The zero-order valence-electron chi connectivity index (χ0n) is 45.8. The summed E-state index contributed by atoms with van der Waals surface area (Å²) in [4.78, 5) is 8.44. The molecule has 14 bridgehead atoms. The fourth-order valence-corrected chi connectivity index (χ4v) is 11.3. The summed E-state index contributed by atoms with van der Waals surface area (Å²) in [7, 11) is 0. The fourth-order valence-electron chi connectivity index (χ4n) is 11.3. The second kappa shape index (κ2) is 30.2. The van der Waals surface area contributed by atoms with Gasteiger partial charge in [0.2, 0.25) is 6.16 Å². The highest BCUT2D eigenvalue weighted by molar-refractivity contribution is 5.50. The number of hydrogen-bond donors (Lipinski definition) is 21. The summed E-state index contributed by atoms with van der Waals surface area (Å²) in [5.74, 6) is 0. The van der Waals surface area contributed by atoms with Crippen LogP contribution in [0.25, 0.3) is 0 Å². The number of rotatable bonds is 8. The molecule has 0 saturated carbocycles. The molecule has 1 aromatic rings. The Kier molecular flexibility index (Phi) is 24.3. The summed E-state index contributed by atoms with van der Waals surface area (Å²) >= 11 is 0. The van der Waals surface area contributed by atoms with Gasteiger partial charge in [-0.05, 0) is 12.5 Å². The van der Waals surface area contributed by atoms with Gasteiger partial charge in [-0.25, -0.2) is 4.57 Å². The lowest BCUT2D eigenvalue weighted by Gasteiger charge is -2.50. The zero-order valence-corrected chi connectivity index (χ0v) is 45.8.